The molecule has 0 radical (unpaired) electrons. The fourth-order valence-electron chi connectivity index (χ4n) is 3.90. The van der Waals surface area contributed by atoms with Crippen molar-refractivity contribution in [3.8, 4) is 5.69 Å². The smallest absolute Gasteiger partial charge is 0.409 e. The van der Waals surface area contributed by atoms with E-state index in [1.54, 1.807) is 51.6 Å². The van der Waals surface area contributed by atoms with Crippen molar-refractivity contribution in [1.29, 1.82) is 0 Å². The zero-order chi connectivity index (χ0) is 23.5. The van der Waals surface area contributed by atoms with Gasteiger partial charge in [-0.2, -0.15) is 0 Å². The molecule has 1 saturated heterocycles. The molecule has 1 fully saturated rings. The minimum atomic E-state index is -0.329. The Hall–Kier alpha value is -3.68. The third-order valence-electron chi connectivity index (χ3n) is 5.68. The van der Waals surface area contributed by atoms with Crippen LogP contribution >= 0.6 is 0 Å². The minimum absolute atomic E-state index is 0.0996. The zero-order valence-corrected chi connectivity index (χ0v) is 19.2. The van der Waals surface area contributed by atoms with Crippen LogP contribution in [0, 0.1) is 12.8 Å². The van der Waals surface area contributed by atoms with Gasteiger partial charge in [0.1, 0.15) is 5.82 Å². The number of piperazine rings is 1. The molecule has 1 aliphatic rings. The Bertz CT molecular complexity index is 1230. The number of carbonyl (C=O) groups excluding carboxylic acids is 2. The summed E-state index contributed by atoms with van der Waals surface area (Å²) in [5.74, 6) is 0.764. The van der Waals surface area contributed by atoms with Crippen LogP contribution < -0.4 is 5.56 Å². The molecule has 3 aromatic rings. The lowest BCUT2D eigenvalue weighted by atomic mass is 10.1. The van der Waals surface area contributed by atoms with Crippen molar-refractivity contribution in [3.63, 3.8) is 0 Å². The third kappa shape index (κ3) is 4.74. The van der Waals surface area contributed by atoms with Gasteiger partial charge in [0.2, 0.25) is 0 Å². The lowest BCUT2D eigenvalue weighted by Gasteiger charge is -2.34. The van der Waals surface area contributed by atoms with Crippen LogP contribution in [0.15, 0.2) is 53.3 Å². The monoisotopic (exact) mass is 448 g/mol. The quantitative estimate of drug-likeness (QED) is 0.612. The van der Waals surface area contributed by atoms with E-state index in [0.717, 1.165) is 0 Å². The molecule has 0 N–H and O–H groups in total. The molecule has 0 saturated carbocycles. The van der Waals surface area contributed by atoms with Crippen LogP contribution in [0.3, 0.4) is 0 Å². The highest BCUT2D eigenvalue weighted by Crippen LogP contribution is 2.16. The van der Waals surface area contributed by atoms with Crippen molar-refractivity contribution in [3.05, 3.63) is 70.3 Å². The van der Waals surface area contributed by atoms with Crippen molar-refractivity contribution in [2.24, 2.45) is 5.92 Å². The molecule has 8 nitrogen and oxygen atoms in total. The van der Waals surface area contributed by atoms with Crippen LogP contribution in [0.25, 0.3) is 16.6 Å². The predicted octanol–water partition coefficient (Wildman–Crippen LogP) is 3.24. The van der Waals surface area contributed by atoms with Crippen LogP contribution in [0.2, 0.25) is 0 Å². The second-order valence-corrected chi connectivity index (χ2v) is 8.61. The van der Waals surface area contributed by atoms with Gasteiger partial charge in [0, 0.05) is 31.7 Å². The van der Waals surface area contributed by atoms with Gasteiger partial charge >= 0.3 is 6.09 Å². The van der Waals surface area contributed by atoms with E-state index in [2.05, 4.69) is 4.98 Å². The summed E-state index contributed by atoms with van der Waals surface area (Å²) in [5, 5.41) is 0.549. The van der Waals surface area contributed by atoms with Crippen LogP contribution in [-0.4, -0.2) is 64.1 Å². The summed E-state index contributed by atoms with van der Waals surface area (Å²) < 4.78 is 6.83. The Balaban J connectivity index is 1.45. The number of ether oxygens (including phenoxy) is 1. The molecule has 2 amide bonds. The molecule has 33 heavy (non-hydrogen) atoms. The molecule has 0 unspecified atom stereocenters. The standard InChI is InChI=1S/C25H28N4O4/c1-17(2)16-33-25(32)28-14-12-27(13-15-28)23(30)19-8-10-20(11-9-19)29-18(3)26-22-7-5-4-6-21(22)24(29)31/h4-11,17H,12-16H2,1-3H3. The van der Waals surface area contributed by atoms with Crippen molar-refractivity contribution in [2.75, 3.05) is 32.8 Å². The maximum absolute atomic E-state index is 13.0. The summed E-state index contributed by atoms with van der Waals surface area (Å²) in [7, 11) is 0. The van der Waals surface area contributed by atoms with Crippen LogP contribution in [-0.2, 0) is 4.74 Å². The Morgan fingerprint density at radius 3 is 2.27 bits per heavy atom. The normalized spacial score (nSPS) is 14.1. The highest BCUT2D eigenvalue weighted by molar-refractivity contribution is 5.94. The average molecular weight is 449 g/mol. The van der Waals surface area contributed by atoms with Gasteiger partial charge in [0.15, 0.2) is 0 Å². The number of nitrogens with zero attached hydrogens (tertiary/aromatic N) is 4. The summed E-state index contributed by atoms with van der Waals surface area (Å²) in [6.07, 6.45) is -0.329. The molecule has 4 rings (SSSR count). The number of fused-ring (bicyclic) bond motifs is 1. The van der Waals surface area contributed by atoms with Crippen molar-refractivity contribution in [1.82, 2.24) is 19.4 Å². The first-order valence-corrected chi connectivity index (χ1v) is 11.1. The predicted molar refractivity (Wildman–Crippen MR) is 126 cm³/mol. The van der Waals surface area contributed by atoms with Gasteiger partial charge in [-0.3, -0.25) is 14.2 Å². The Morgan fingerprint density at radius 1 is 0.970 bits per heavy atom. The maximum Gasteiger partial charge on any atom is 0.409 e. The highest BCUT2D eigenvalue weighted by Gasteiger charge is 2.26. The second kappa shape index (κ2) is 9.44. The number of benzene rings is 2. The minimum Gasteiger partial charge on any atom is -0.449 e. The number of para-hydroxylation sites is 1. The lowest BCUT2D eigenvalue weighted by molar-refractivity contribution is 0.0535. The van der Waals surface area contributed by atoms with E-state index in [1.807, 2.05) is 32.0 Å². The van der Waals surface area contributed by atoms with Crippen LogP contribution in [0.4, 0.5) is 4.79 Å². The number of carbonyl (C=O) groups is 2. The number of aromatic nitrogens is 2. The molecule has 8 heteroatoms. The number of hydrogen-bond acceptors (Lipinski definition) is 5. The van der Waals surface area contributed by atoms with Gasteiger partial charge in [-0.15, -0.1) is 0 Å². The number of rotatable bonds is 4. The molecule has 0 bridgehead atoms. The maximum atomic E-state index is 13.0. The highest BCUT2D eigenvalue weighted by atomic mass is 16.6. The Kier molecular flexibility index (Phi) is 6.44. The topological polar surface area (TPSA) is 84.7 Å². The van der Waals surface area contributed by atoms with E-state index in [-0.39, 0.29) is 23.5 Å². The third-order valence-corrected chi connectivity index (χ3v) is 5.68. The van der Waals surface area contributed by atoms with E-state index < -0.39 is 0 Å². The SMILES string of the molecule is Cc1nc2ccccc2c(=O)n1-c1ccc(C(=O)N2CCN(C(=O)OCC(C)C)CC2)cc1. The van der Waals surface area contributed by atoms with Gasteiger partial charge in [0.05, 0.1) is 23.2 Å². The van der Waals surface area contributed by atoms with Gasteiger partial charge in [-0.25, -0.2) is 9.78 Å². The fourth-order valence-corrected chi connectivity index (χ4v) is 3.90. The summed E-state index contributed by atoms with van der Waals surface area (Å²) in [4.78, 5) is 46.0. The summed E-state index contributed by atoms with van der Waals surface area (Å²) in [5.41, 5.74) is 1.71. The molecule has 1 aromatic heterocycles. The zero-order valence-electron chi connectivity index (χ0n) is 19.2. The Morgan fingerprint density at radius 2 is 1.61 bits per heavy atom. The first kappa shape index (κ1) is 22.5. The van der Waals surface area contributed by atoms with Gasteiger partial charge in [-0.05, 0) is 49.2 Å². The molecule has 172 valence electrons. The Labute approximate surface area is 192 Å². The molecular formula is C25H28N4O4. The van der Waals surface area contributed by atoms with Crippen molar-refractivity contribution in [2.45, 2.75) is 20.8 Å². The molecule has 0 aliphatic carbocycles. The summed E-state index contributed by atoms with van der Waals surface area (Å²) >= 11 is 0. The van der Waals surface area contributed by atoms with Crippen LogP contribution in [0.5, 0.6) is 0 Å². The van der Waals surface area contributed by atoms with E-state index in [9.17, 15) is 14.4 Å². The van der Waals surface area contributed by atoms with Crippen LogP contribution in [0.1, 0.15) is 30.0 Å². The van der Waals surface area contributed by atoms with Crippen molar-refractivity contribution < 1.29 is 14.3 Å². The van der Waals surface area contributed by atoms with Gasteiger partial charge in [-0.1, -0.05) is 26.0 Å². The first-order chi connectivity index (χ1) is 15.8. The number of hydrogen-bond donors (Lipinski definition) is 0. The second-order valence-electron chi connectivity index (χ2n) is 8.61. The molecule has 1 aliphatic heterocycles. The number of aryl methyl sites for hydroxylation is 1. The van der Waals surface area contributed by atoms with E-state index in [1.165, 1.54) is 0 Å². The van der Waals surface area contributed by atoms with E-state index in [0.29, 0.717) is 60.8 Å². The average Bonchev–Trinajstić information content (AvgIpc) is 2.82. The molecule has 2 heterocycles. The largest absolute Gasteiger partial charge is 0.449 e. The molecule has 2 aromatic carbocycles. The van der Waals surface area contributed by atoms with Crippen molar-refractivity contribution >= 4 is 22.9 Å². The van der Waals surface area contributed by atoms with Gasteiger partial charge < -0.3 is 14.5 Å². The lowest BCUT2D eigenvalue weighted by Crippen LogP contribution is -2.50. The van der Waals surface area contributed by atoms with E-state index >= 15 is 0 Å². The van der Waals surface area contributed by atoms with Gasteiger partial charge in [0.25, 0.3) is 11.5 Å². The molecular weight excluding hydrogens is 420 g/mol. The number of amides is 2. The summed E-state index contributed by atoms with van der Waals surface area (Å²) in [6, 6.07) is 14.2. The summed E-state index contributed by atoms with van der Waals surface area (Å²) in [6.45, 7) is 7.94. The first-order valence-electron chi connectivity index (χ1n) is 11.1. The van der Waals surface area contributed by atoms with E-state index in [4.69, 9.17) is 4.74 Å². The molecule has 0 atom stereocenters. The molecule has 0 spiro atoms. The fraction of sp³-hybridized carbons (Fsp3) is 0.360.